The van der Waals surface area contributed by atoms with Gasteiger partial charge in [-0.15, -0.1) is 0 Å². The fourth-order valence-electron chi connectivity index (χ4n) is 4.06. The first-order valence-corrected chi connectivity index (χ1v) is 8.83. The predicted molar refractivity (Wildman–Crippen MR) is 91.9 cm³/mol. The zero-order chi connectivity index (χ0) is 17.2. The smallest absolute Gasteiger partial charge is 0.314 e. The molecule has 0 bridgehead atoms. The molecule has 1 aliphatic carbocycles. The van der Waals surface area contributed by atoms with Gasteiger partial charge in [0, 0.05) is 18.7 Å². The summed E-state index contributed by atoms with van der Waals surface area (Å²) < 4.78 is 11.8. The van der Waals surface area contributed by atoms with Crippen molar-refractivity contribution in [1.29, 1.82) is 0 Å². The highest BCUT2D eigenvalue weighted by Gasteiger charge is 2.45. The van der Waals surface area contributed by atoms with Gasteiger partial charge in [-0.1, -0.05) is 25.0 Å². The van der Waals surface area contributed by atoms with Crippen molar-refractivity contribution in [2.45, 2.75) is 50.0 Å². The number of rotatable bonds is 5. The summed E-state index contributed by atoms with van der Waals surface area (Å²) in [5, 5.41) is 9.88. The SMILES string of the molecule is COc1c(OC2CCN(C)CC2)cccc1C1(C(=O)O)CCCC1. The predicted octanol–water partition coefficient (Wildman–Crippen LogP) is 3.06. The summed E-state index contributed by atoms with van der Waals surface area (Å²) >= 11 is 0. The largest absolute Gasteiger partial charge is 0.493 e. The van der Waals surface area contributed by atoms with Crippen LogP contribution in [0, 0.1) is 0 Å². The third-order valence-electron chi connectivity index (χ3n) is 5.52. The molecule has 24 heavy (non-hydrogen) atoms. The minimum Gasteiger partial charge on any atom is -0.493 e. The van der Waals surface area contributed by atoms with Gasteiger partial charge in [-0.2, -0.15) is 0 Å². The van der Waals surface area contributed by atoms with Crippen molar-refractivity contribution >= 4 is 5.97 Å². The fraction of sp³-hybridized carbons (Fsp3) is 0.632. The van der Waals surface area contributed by atoms with E-state index in [1.807, 2.05) is 18.2 Å². The molecule has 2 fully saturated rings. The van der Waals surface area contributed by atoms with Crippen LogP contribution in [-0.2, 0) is 10.2 Å². The van der Waals surface area contributed by atoms with Crippen molar-refractivity contribution in [1.82, 2.24) is 4.90 Å². The first-order valence-electron chi connectivity index (χ1n) is 8.83. The topological polar surface area (TPSA) is 59.0 Å². The molecule has 1 N–H and O–H groups in total. The van der Waals surface area contributed by atoms with Crippen LogP contribution in [0.1, 0.15) is 44.1 Å². The van der Waals surface area contributed by atoms with Gasteiger partial charge in [-0.3, -0.25) is 4.79 Å². The molecule has 5 heteroatoms. The Bertz CT molecular complexity index is 587. The van der Waals surface area contributed by atoms with E-state index in [0.29, 0.717) is 24.3 Å². The van der Waals surface area contributed by atoms with Crippen LogP contribution in [0.2, 0.25) is 0 Å². The van der Waals surface area contributed by atoms with Crippen LogP contribution in [-0.4, -0.2) is 49.3 Å². The number of methoxy groups -OCH3 is 1. The Morgan fingerprint density at radius 3 is 2.50 bits per heavy atom. The number of piperidine rings is 1. The summed E-state index contributed by atoms with van der Waals surface area (Å²) in [4.78, 5) is 14.3. The molecule has 0 amide bonds. The zero-order valence-corrected chi connectivity index (χ0v) is 14.6. The molecule has 1 heterocycles. The number of carboxylic acids is 1. The second kappa shape index (κ2) is 7.01. The number of carbonyl (C=O) groups is 1. The maximum atomic E-state index is 12.0. The van der Waals surface area contributed by atoms with Gasteiger partial charge in [-0.25, -0.2) is 0 Å². The molecule has 1 aromatic carbocycles. The van der Waals surface area contributed by atoms with E-state index in [9.17, 15) is 9.90 Å². The summed E-state index contributed by atoms with van der Waals surface area (Å²) in [5.41, 5.74) is -0.0715. The Morgan fingerprint density at radius 1 is 1.25 bits per heavy atom. The highest BCUT2D eigenvalue weighted by atomic mass is 16.5. The number of hydrogen-bond acceptors (Lipinski definition) is 4. The Kier molecular flexibility index (Phi) is 4.99. The van der Waals surface area contributed by atoms with E-state index in [-0.39, 0.29) is 6.10 Å². The number of carboxylic acid groups (broad SMARTS) is 1. The molecule has 0 atom stereocenters. The van der Waals surface area contributed by atoms with Crippen molar-refractivity contribution in [3.05, 3.63) is 23.8 Å². The van der Waals surface area contributed by atoms with Crippen molar-refractivity contribution in [2.24, 2.45) is 0 Å². The number of benzene rings is 1. The minimum atomic E-state index is -0.836. The first-order chi connectivity index (χ1) is 11.6. The molecule has 132 valence electrons. The highest BCUT2D eigenvalue weighted by Crippen LogP contribution is 2.48. The Hall–Kier alpha value is -1.75. The third-order valence-corrected chi connectivity index (χ3v) is 5.52. The van der Waals surface area contributed by atoms with Crippen molar-refractivity contribution in [2.75, 3.05) is 27.2 Å². The van der Waals surface area contributed by atoms with Gasteiger partial charge >= 0.3 is 5.97 Å². The Labute approximate surface area is 143 Å². The summed E-state index contributed by atoms with van der Waals surface area (Å²) in [5.74, 6) is 0.521. The Balaban J connectivity index is 1.90. The van der Waals surface area contributed by atoms with Crippen LogP contribution < -0.4 is 9.47 Å². The molecule has 1 saturated carbocycles. The molecule has 1 aliphatic heterocycles. The van der Waals surface area contributed by atoms with Crippen LogP contribution in [0.4, 0.5) is 0 Å². The summed E-state index contributed by atoms with van der Waals surface area (Å²) in [6, 6.07) is 5.68. The number of likely N-dealkylation sites (tertiary alicyclic amines) is 1. The van der Waals surface area contributed by atoms with Gasteiger partial charge in [0.15, 0.2) is 11.5 Å². The lowest BCUT2D eigenvalue weighted by Gasteiger charge is -2.31. The van der Waals surface area contributed by atoms with Gasteiger partial charge in [0.05, 0.1) is 12.5 Å². The van der Waals surface area contributed by atoms with Gasteiger partial charge in [-0.05, 0) is 38.8 Å². The normalized spacial score (nSPS) is 21.6. The number of ether oxygens (including phenoxy) is 2. The zero-order valence-electron chi connectivity index (χ0n) is 14.6. The van der Waals surface area contributed by atoms with E-state index in [1.54, 1.807) is 7.11 Å². The molecular weight excluding hydrogens is 306 g/mol. The molecule has 2 aliphatic rings. The fourth-order valence-corrected chi connectivity index (χ4v) is 4.06. The maximum absolute atomic E-state index is 12.0. The standard InChI is InChI=1S/C19H27NO4/c1-20-12-8-14(9-13-20)24-16-7-5-6-15(17(16)23-2)19(18(21)22)10-3-4-11-19/h5-7,14H,3-4,8-13H2,1-2H3,(H,21,22). The average Bonchev–Trinajstić information content (AvgIpc) is 3.08. The molecular formula is C19H27NO4. The third kappa shape index (κ3) is 3.09. The maximum Gasteiger partial charge on any atom is 0.314 e. The van der Waals surface area contributed by atoms with Crippen molar-refractivity contribution in [3.63, 3.8) is 0 Å². The monoisotopic (exact) mass is 333 g/mol. The number of nitrogens with zero attached hydrogens (tertiary/aromatic N) is 1. The lowest BCUT2D eigenvalue weighted by Crippen LogP contribution is -2.36. The van der Waals surface area contributed by atoms with E-state index in [1.165, 1.54) is 0 Å². The van der Waals surface area contributed by atoms with Crippen LogP contribution in [0.3, 0.4) is 0 Å². The van der Waals surface area contributed by atoms with Crippen LogP contribution in [0.25, 0.3) is 0 Å². The van der Waals surface area contributed by atoms with Gasteiger partial charge in [0.2, 0.25) is 0 Å². The second-order valence-electron chi connectivity index (χ2n) is 7.05. The molecule has 0 aromatic heterocycles. The minimum absolute atomic E-state index is 0.162. The second-order valence-corrected chi connectivity index (χ2v) is 7.05. The van der Waals surface area contributed by atoms with Crippen LogP contribution in [0.5, 0.6) is 11.5 Å². The van der Waals surface area contributed by atoms with Crippen LogP contribution in [0.15, 0.2) is 18.2 Å². The summed E-state index contributed by atoms with van der Waals surface area (Å²) in [7, 11) is 3.72. The molecule has 0 radical (unpaired) electrons. The van der Waals surface area contributed by atoms with Crippen LogP contribution >= 0.6 is 0 Å². The number of aliphatic carboxylic acids is 1. The highest BCUT2D eigenvalue weighted by molar-refractivity contribution is 5.83. The molecule has 0 spiro atoms. The summed E-state index contributed by atoms with van der Waals surface area (Å²) in [6.45, 7) is 2.04. The summed E-state index contributed by atoms with van der Waals surface area (Å²) in [6.07, 6.45) is 5.33. The average molecular weight is 333 g/mol. The number of hydrogen-bond donors (Lipinski definition) is 1. The van der Waals surface area contributed by atoms with Crippen molar-refractivity contribution in [3.8, 4) is 11.5 Å². The Morgan fingerprint density at radius 2 is 1.92 bits per heavy atom. The lowest BCUT2D eigenvalue weighted by molar-refractivity contribution is -0.143. The van der Waals surface area contributed by atoms with E-state index in [2.05, 4.69) is 11.9 Å². The lowest BCUT2D eigenvalue weighted by atomic mass is 9.78. The van der Waals surface area contributed by atoms with E-state index < -0.39 is 11.4 Å². The van der Waals surface area contributed by atoms with Gasteiger partial charge in [0.1, 0.15) is 6.10 Å². The van der Waals surface area contributed by atoms with E-state index in [4.69, 9.17) is 9.47 Å². The van der Waals surface area contributed by atoms with E-state index >= 15 is 0 Å². The number of para-hydroxylation sites is 1. The van der Waals surface area contributed by atoms with Gasteiger partial charge < -0.3 is 19.5 Å². The van der Waals surface area contributed by atoms with E-state index in [0.717, 1.165) is 44.3 Å². The molecule has 5 nitrogen and oxygen atoms in total. The molecule has 1 saturated heterocycles. The molecule has 3 rings (SSSR count). The van der Waals surface area contributed by atoms with Gasteiger partial charge in [0.25, 0.3) is 0 Å². The molecule has 0 unspecified atom stereocenters. The first kappa shape index (κ1) is 17.1. The molecule has 1 aromatic rings. The van der Waals surface area contributed by atoms with Crippen molar-refractivity contribution < 1.29 is 19.4 Å². The quantitative estimate of drug-likeness (QED) is 0.897.